The number of amides is 1. The van der Waals surface area contributed by atoms with Crippen molar-refractivity contribution in [3.8, 4) is 0 Å². The summed E-state index contributed by atoms with van der Waals surface area (Å²) in [5.41, 5.74) is -0.584. The number of carbonyl (C=O) groups is 1. The fourth-order valence-electron chi connectivity index (χ4n) is 2.49. The molecular weight excluding hydrogens is 294 g/mol. The summed E-state index contributed by atoms with van der Waals surface area (Å²) in [6.07, 6.45) is 5.78. The van der Waals surface area contributed by atoms with Crippen molar-refractivity contribution in [2.24, 2.45) is 5.92 Å². The van der Waals surface area contributed by atoms with Crippen LogP contribution < -0.4 is 5.32 Å². The number of alkyl carbamates (subject to hydrolysis) is 1. The van der Waals surface area contributed by atoms with Crippen LogP contribution in [0.2, 0.25) is 0 Å². The summed E-state index contributed by atoms with van der Waals surface area (Å²) in [4.78, 5) is 11.9. The largest absolute Gasteiger partial charge is 0.444 e. The zero-order valence-corrected chi connectivity index (χ0v) is 14.2. The Balaban J connectivity index is 2.64. The summed E-state index contributed by atoms with van der Waals surface area (Å²) in [5, 5.41) is 2.77. The number of carbonyl (C=O) groups excluding carboxylic acids is 1. The maximum absolute atomic E-state index is 11.9. The van der Waals surface area contributed by atoms with Crippen LogP contribution in [-0.4, -0.2) is 39.0 Å². The van der Waals surface area contributed by atoms with Gasteiger partial charge in [-0.1, -0.05) is 19.3 Å². The van der Waals surface area contributed by atoms with Gasteiger partial charge < -0.3 is 10.1 Å². The highest BCUT2D eigenvalue weighted by molar-refractivity contribution is 7.85. The first-order valence-corrected chi connectivity index (χ1v) is 9.22. The molecule has 0 saturated heterocycles. The number of nitrogens with one attached hydrogen (secondary N) is 1. The van der Waals surface area contributed by atoms with Crippen LogP contribution in [0.4, 0.5) is 4.79 Å². The van der Waals surface area contributed by atoms with Gasteiger partial charge in [0.1, 0.15) is 5.60 Å². The van der Waals surface area contributed by atoms with Crippen LogP contribution in [0, 0.1) is 5.92 Å². The third-order valence-electron chi connectivity index (χ3n) is 3.38. The third-order valence-corrected chi connectivity index (χ3v) is 3.95. The molecule has 1 N–H and O–H groups in total. The molecule has 1 rings (SSSR count). The second-order valence-corrected chi connectivity index (χ2v) is 8.28. The zero-order chi connectivity index (χ0) is 16.1. The molecule has 0 bridgehead atoms. The van der Waals surface area contributed by atoms with Crippen molar-refractivity contribution in [2.75, 3.05) is 12.9 Å². The molecule has 0 spiro atoms. The molecule has 21 heavy (non-hydrogen) atoms. The van der Waals surface area contributed by atoms with Crippen LogP contribution >= 0.6 is 0 Å². The van der Waals surface area contributed by atoms with E-state index in [0.717, 1.165) is 31.9 Å². The minimum atomic E-state index is -3.52. The van der Waals surface area contributed by atoms with Crippen LogP contribution in [0.25, 0.3) is 0 Å². The van der Waals surface area contributed by atoms with Crippen molar-refractivity contribution in [3.63, 3.8) is 0 Å². The van der Waals surface area contributed by atoms with E-state index in [4.69, 9.17) is 8.92 Å². The van der Waals surface area contributed by atoms with Crippen molar-refractivity contribution in [1.29, 1.82) is 0 Å². The Morgan fingerprint density at radius 1 is 1.24 bits per heavy atom. The Hall–Kier alpha value is -0.820. The molecule has 1 saturated carbocycles. The van der Waals surface area contributed by atoms with Crippen molar-refractivity contribution < 1.29 is 22.1 Å². The predicted octanol–water partition coefficient (Wildman–Crippen LogP) is 2.44. The maximum atomic E-state index is 11.9. The highest BCUT2D eigenvalue weighted by atomic mass is 32.2. The summed E-state index contributed by atoms with van der Waals surface area (Å²) in [6, 6.07) is -0.338. The number of rotatable bonds is 5. The zero-order valence-electron chi connectivity index (χ0n) is 13.3. The van der Waals surface area contributed by atoms with E-state index in [-0.39, 0.29) is 18.6 Å². The molecule has 1 aliphatic rings. The molecule has 0 aromatic carbocycles. The highest BCUT2D eigenvalue weighted by Gasteiger charge is 2.28. The summed E-state index contributed by atoms with van der Waals surface area (Å²) in [5.74, 6) is 0.230. The van der Waals surface area contributed by atoms with Gasteiger partial charge in [0.25, 0.3) is 10.1 Å². The molecule has 1 aliphatic carbocycles. The van der Waals surface area contributed by atoms with Gasteiger partial charge in [0.05, 0.1) is 18.9 Å². The summed E-state index contributed by atoms with van der Waals surface area (Å²) in [6.45, 7) is 5.32. The lowest BCUT2D eigenvalue weighted by molar-refractivity contribution is 0.0450. The fraction of sp³-hybridized carbons (Fsp3) is 0.929. The summed E-state index contributed by atoms with van der Waals surface area (Å²) < 4.78 is 32.4. The average molecular weight is 321 g/mol. The minimum Gasteiger partial charge on any atom is -0.444 e. The fourth-order valence-corrected chi connectivity index (χ4v) is 2.88. The van der Waals surface area contributed by atoms with Gasteiger partial charge >= 0.3 is 6.09 Å². The average Bonchev–Trinajstić information content (AvgIpc) is 2.32. The van der Waals surface area contributed by atoms with Gasteiger partial charge in [0.15, 0.2) is 0 Å². The Bertz CT molecular complexity index is 435. The topological polar surface area (TPSA) is 81.7 Å². The van der Waals surface area contributed by atoms with Crippen LogP contribution in [-0.2, 0) is 19.0 Å². The Morgan fingerprint density at radius 2 is 1.81 bits per heavy atom. The molecule has 6 nitrogen and oxygen atoms in total. The summed E-state index contributed by atoms with van der Waals surface area (Å²) >= 11 is 0. The maximum Gasteiger partial charge on any atom is 0.407 e. The first-order chi connectivity index (χ1) is 9.57. The van der Waals surface area contributed by atoms with Crippen molar-refractivity contribution in [3.05, 3.63) is 0 Å². The third kappa shape index (κ3) is 8.26. The van der Waals surface area contributed by atoms with E-state index >= 15 is 0 Å². The molecule has 124 valence electrons. The minimum absolute atomic E-state index is 0.0389. The molecule has 7 heteroatoms. The first kappa shape index (κ1) is 18.2. The lowest BCUT2D eigenvalue weighted by Crippen LogP contribution is -2.46. The van der Waals surface area contributed by atoms with E-state index in [9.17, 15) is 13.2 Å². The van der Waals surface area contributed by atoms with Gasteiger partial charge in [-0.25, -0.2) is 4.79 Å². The van der Waals surface area contributed by atoms with Gasteiger partial charge in [0.2, 0.25) is 0 Å². The lowest BCUT2D eigenvalue weighted by atomic mass is 9.84. The smallest absolute Gasteiger partial charge is 0.407 e. The molecule has 0 aliphatic heterocycles. The predicted molar refractivity (Wildman–Crippen MR) is 80.5 cm³/mol. The number of hydrogen-bond acceptors (Lipinski definition) is 5. The van der Waals surface area contributed by atoms with E-state index in [1.54, 1.807) is 20.8 Å². The first-order valence-electron chi connectivity index (χ1n) is 7.41. The Labute approximate surface area is 127 Å². The van der Waals surface area contributed by atoms with E-state index in [1.807, 2.05) is 0 Å². The molecule has 1 amide bonds. The van der Waals surface area contributed by atoms with Crippen molar-refractivity contribution in [1.82, 2.24) is 5.32 Å². The quantitative estimate of drug-likeness (QED) is 0.787. The van der Waals surface area contributed by atoms with E-state index in [1.165, 1.54) is 6.42 Å². The van der Waals surface area contributed by atoms with E-state index in [2.05, 4.69) is 5.32 Å². The van der Waals surface area contributed by atoms with Crippen molar-refractivity contribution in [2.45, 2.75) is 64.5 Å². The van der Waals surface area contributed by atoms with Crippen LogP contribution in [0.5, 0.6) is 0 Å². The molecule has 1 atom stereocenters. The van der Waals surface area contributed by atoms with E-state index in [0.29, 0.717) is 0 Å². The summed E-state index contributed by atoms with van der Waals surface area (Å²) in [7, 11) is -3.52. The van der Waals surface area contributed by atoms with Crippen LogP contribution in [0.3, 0.4) is 0 Å². The number of hydrogen-bond donors (Lipinski definition) is 1. The highest BCUT2D eigenvalue weighted by Crippen LogP contribution is 2.27. The monoisotopic (exact) mass is 321 g/mol. The molecule has 0 aromatic heterocycles. The molecule has 0 aromatic rings. The molecule has 1 fully saturated rings. The van der Waals surface area contributed by atoms with Gasteiger partial charge in [-0.2, -0.15) is 8.42 Å². The second kappa shape index (κ2) is 7.45. The molecule has 0 unspecified atom stereocenters. The lowest BCUT2D eigenvalue weighted by Gasteiger charge is -2.31. The van der Waals surface area contributed by atoms with Gasteiger partial charge in [-0.3, -0.25) is 4.18 Å². The normalized spacial score (nSPS) is 19.0. The number of ether oxygens (including phenoxy) is 1. The second-order valence-electron chi connectivity index (χ2n) is 6.64. The Kier molecular flexibility index (Phi) is 6.46. The SMILES string of the molecule is CC(C)(C)OC(=O)N[C@@H](COS(C)(=O)=O)C1CCCCC1. The van der Waals surface area contributed by atoms with E-state index < -0.39 is 21.8 Å². The molecule has 0 radical (unpaired) electrons. The van der Waals surface area contributed by atoms with Crippen LogP contribution in [0.1, 0.15) is 52.9 Å². The Morgan fingerprint density at radius 3 is 2.29 bits per heavy atom. The van der Waals surface area contributed by atoms with Gasteiger partial charge in [-0.05, 0) is 39.5 Å². The standard InChI is InChI=1S/C14H27NO5S/c1-14(2,3)20-13(16)15-12(10-19-21(4,17)18)11-8-6-5-7-9-11/h11-12H,5-10H2,1-4H3,(H,15,16)/t12-/m0/s1. The van der Waals surface area contributed by atoms with Gasteiger partial charge in [0, 0.05) is 0 Å². The van der Waals surface area contributed by atoms with Gasteiger partial charge in [-0.15, -0.1) is 0 Å². The molecular formula is C14H27NO5S. The van der Waals surface area contributed by atoms with Crippen molar-refractivity contribution >= 4 is 16.2 Å². The van der Waals surface area contributed by atoms with Crippen LogP contribution in [0.15, 0.2) is 0 Å². The molecule has 0 heterocycles.